The quantitative estimate of drug-likeness (QED) is 0.836. The number of likely N-dealkylation sites (tertiary alicyclic amines) is 1. The largest absolute Gasteiger partial charge is 0.354 e. The molecule has 0 aromatic heterocycles. The van der Waals surface area contributed by atoms with E-state index in [0.717, 1.165) is 19.6 Å². The molecule has 0 saturated carbocycles. The number of hydrogen-bond acceptors (Lipinski definition) is 3. The standard InChI is InChI=1S/C21H31N3O/c25-21(14-16-12-18-8-9-19(13-16)23-18)22-15-20(24-10-4-5-11-24)17-6-2-1-3-7-17/h1-3,6-7,16,18-20,23H,4-5,8-15H2,(H,22,25). The van der Waals surface area contributed by atoms with E-state index in [0.29, 0.717) is 30.5 Å². The van der Waals surface area contributed by atoms with E-state index in [-0.39, 0.29) is 5.91 Å². The van der Waals surface area contributed by atoms with Crippen LogP contribution in [0.4, 0.5) is 0 Å². The first-order valence-corrected chi connectivity index (χ1v) is 10.1. The summed E-state index contributed by atoms with van der Waals surface area (Å²) < 4.78 is 0. The maximum absolute atomic E-state index is 12.5. The van der Waals surface area contributed by atoms with Gasteiger partial charge in [-0.05, 0) is 63.1 Å². The third kappa shape index (κ3) is 4.24. The third-order valence-corrected chi connectivity index (χ3v) is 6.30. The van der Waals surface area contributed by atoms with Crippen molar-refractivity contribution in [2.24, 2.45) is 5.92 Å². The second-order valence-electron chi connectivity index (χ2n) is 8.15. The molecule has 4 heteroatoms. The Balaban J connectivity index is 1.32. The molecule has 1 aromatic carbocycles. The predicted octanol–water partition coefficient (Wildman–Crippen LogP) is 2.86. The Kier molecular flexibility index (Phi) is 5.37. The lowest BCUT2D eigenvalue weighted by Gasteiger charge is -2.30. The number of amides is 1. The molecule has 3 atom stereocenters. The first-order chi connectivity index (χ1) is 12.3. The number of carbonyl (C=O) groups excluding carboxylic acids is 1. The van der Waals surface area contributed by atoms with Gasteiger partial charge in [0.2, 0.25) is 5.91 Å². The van der Waals surface area contributed by atoms with E-state index >= 15 is 0 Å². The van der Waals surface area contributed by atoms with Gasteiger partial charge in [-0.25, -0.2) is 0 Å². The minimum Gasteiger partial charge on any atom is -0.354 e. The zero-order valence-corrected chi connectivity index (χ0v) is 15.1. The number of carbonyl (C=O) groups is 1. The molecule has 3 saturated heterocycles. The van der Waals surface area contributed by atoms with E-state index in [1.807, 2.05) is 0 Å². The maximum Gasteiger partial charge on any atom is 0.220 e. The summed E-state index contributed by atoms with van der Waals surface area (Å²) in [5, 5.41) is 6.92. The van der Waals surface area contributed by atoms with Crippen LogP contribution in [0.15, 0.2) is 30.3 Å². The predicted molar refractivity (Wildman–Crippen MR) is 100 cm³/mol. The molecule has 2 N–H and O–H groups in total. The Morgan fingerprint density at radius 2 is 1.80 bits per heavy atom. The lowest BCUT2D eigenvalue weighted by atomic mass is 9.89. The number of piperidine rings is 1. The van der Waals surface area contributed by atoms with Crippen LogP contribution in [0.2, 0.25) is 0 Å². The summed E-state index contributed by atoms with van der Waals surface area (Å²) in [7, 11) is 0. The highest BCUT2D eigenvalue weighted by Crippen LogP contribution is 2.32. The lowest BCUT2D eigenvalue weighted by Crippen LogP contribution is -2.41. The molecule has 4 nitrogen and oxygen atoms in total. The molecule has 25 heavy (non-hydrogen) atoms. The molecule has 0 spiro atoms. The second kappa shape index (κ2) is 7.88. The van der Waals surface area contributed by atoms with Gasteiger partial charge in [-0.3, -0.25) is 9.69 Å². The molecule has 4 rings (SSSR count). The van der Waals surface area contributed by atoms with Crippen molar-refractivity contribution in [1.82, 2.24) is 15.5 Å². The molecule has 3 fully saturated rings. The van der Waals surface area contributed by atoms with Gasteiger partial charge in [0, 0.05) is 25.0 Å². The van der Waals surface area contributed by atoms with Crippen molar-refractivity contribution in [2.75, 3.05) is 19.6 Å². The fourth-order valence-corrected chi connectivity index (χ4v) is 5.07. The molecular weight excluding hydrogens is 310 g/mol. The monoisotopic (exact) mass is 341 g/mol. The maximum atomic E-state index is 12.5. The van der Waals surface area contributed by atoms with E-state index in [2.05, 4.69) is 45.9 Å². The number of rotatable bonds is 6. The minimum absolute atomic E-state index is 0.242. The van der Waals surface area contributed by atoms with Gasteiger partial charge in [-0.15, -0.1) is 0 Å². The van der Waals surface area contributed by atoms with E-state index in [1.165, 1.54) is 44.1 Å². The van der Waals surface area contributed by atoms with Crippen LogP contribution in [0.1, 0.15) is 56.6 Å². The zero-order chi connectivity index (χ0) is 17.1. The highest BCUT2D eigenvalue weighted by Gasteiger charge is 2.34. The Morgan fingerprint density at radius 3 is 2.48 bits per heavy atom. The first-order valence-electron chi connectivity index (χ1n) is 10.1. The lowest BCUT2D eigenvalue weighted by molar-refractivity contribution is -0.122. The van der Waals surface area contributed by atoms with Crippen LogP contribution >= 0.6 is 0 Å². The van der Waals surface area contributed by atoms with Gasteiger partial charge in [0.15, 0.2) is 0 Å². The highest BCUT2D eigenvalue weighted by molar-refractivity contribution is 5.76. The average molecular weight is 341 g/mol. The summed E-state index contributed by atoms with van der Waals surface area (Å²) in [6.45, 7) is 3.03. The first kappa shape index (κ1) is 17.0. The Hall–Kier alpha value is -1.39. The normalized spacial score (nSPS) is 30.3. The van der Waals surface area contributed by atoms with Crippen LogP contribution in [0.5, 0.6) is 0 Å². The second-order valence-corrected chi connectivity index (χ2v) is 8.15. The summed E-state index contributed by atoms with van der Waals surface area (Å²) in [4.78, 5) is 15.1. The molecule has 3 aliphatic heterocycles. The zero-order valence-electron chi connectivity index (χ0n) is 15.1. The molecule has 0 radical (unpaired) electrons. The van der Waals surface area contributed by atoms with Gasteiger partial charge in [0.05, 0.1) is 6.04 Å². The summed E-state index contributed by atoms with van der Waals surface area (Å²) in [5.74, 6) is 0.812. The van der Waals surface area contributed by atoms with Crippen molar-refractivity contribution >= 4 is 5.91 Å². The Morgan fingerprint density at radius 1 is 1.12 bits per heavy atom. The number of nitrogens with one attached hydrogen (secondary N) is 2. The van der Waals surface area contributed by atoms with Crippen LogP contribution < -0.4 is 10.6 Å². The molecule has 1 amide bonds. The smallest absolute Gasteiger partial charge is 0.220 e. The minimum atomic E-state index is 0.242. The van der Waals surface area contributed by atoms with Crippen LogP contribution in [0.3, 0.4) is 0 Å². The third-order valence-electron chi connectivity index (χ3n) is 6.30. The van der Waals surface area contributed by atoms with Crippen molar-refractivity contribution in [2.45, 2.75) is 63.1 Å². The summed E-state index contributed by atoms with van der Waals surface area (Å²) in [5.41, 5.74) is 1.32. The van der Waals surface area contributed by atoms with Gasteiger partial charge in [0.1, 0.15) is 0 Å². The van der Waals surface area contributed by atoms with Crippen LogP contribution in [0, 0.1) is 5.92 Å². The van der Waals surface area contributed by atoms with Crippen LogP contribution in [-0.2, 0) is 4.79 Å². The molecule has 3 aliphatic rings. The van der Waals surface area contributed by atoms with Crippen molar-refractivity contribution in [3.05, 3.63) is 35.9 Å². The SMILES string of the molecule is O=C(CC1CC2CCC(C1)N2)NCC(c1ccccc1)N1CCCC1. The van der Waals surface area contributed by atoms with Gasteiger partial charge < -0.3 is 10.6 Å². The summed E-state index contributed by atoms with van der Waals surface area (Å²) in [6, 6.07) is 12.3. The molecular formula is C21H31N3O. The molecule has 2 bridgehead atoms. The number of benzene rings is 1. The van der Waals surface area contributed by atoms with Crippen molar-refractivity contribution < 1.29 is 4.79 Å². The van der Waals surface area contributed by atoms with E-state index in [4.69, 9.17) is 0 Å². The fourth-order valence-electron chi connectivity index (χ4n) is 5.07. The van der Waals surface area contributed by atoms with Gasteiger partial charge >= 0.3 is 0 Å². The Labute approximate surface area is 151 Å². The van der Waals surface area contributed by atoms with Crippen molar-refractivity contribution in [3.63, 3.8) is 0 Å². The Bertz CT molecular complexity index is 558. The topological polar surface area (TPSA) is 44.4 Å². The van der Waals surface area contributed by atoms with Gasteiger partial charge in [0.25, 0.3) is 0 Å². The number of hydrogen-bond donors (Lipinski definition) is 2. The van der Waals surface area contributed by atoms with E-state index in [9.17, 15) is 4.79 Å². The molecule has 3 heterocycles. The fraction of sp³-hybridized carbons (Fsp3) is 0.667. The van der Waals surface area contributed by atoms with Gasteiger partial charge in [-0.1, -0.05) is 30.3 Å². The van der Waals surface area contributed by atoms with Crippen LogP contribution in [0.25, 0.3) is 0 Å². The molecule has 0 aliphatic carbocycles. The average Bonchev–Trinajstić information content (AvgIpc) is 3.26. The van der Waals surface area contributed by atoms with Crippen LogP contribution in [-0.4, -0.2) is 42.5 Å². The van der Waals surface area contributed by atoms with Crippen molar-refractivity contribution in [3.8, 4) is 0 Å². The molecule has 136 valence electrons. The molecule has 1 aromatic rings. The van der Waals surface area contributed by atoms with Crippen molar-refractivity contribution in [1.29, 1.82) is 0 Å². The number of nitrogens with zero attached hydrogens (tertiary/aromatic N) is 1. The highest BCUT2D eigenvalue weighted by atomic mass is 16.1. The summed E-state index contributed by atoms with van der Waals surface area (Å²) in [6.07, 6.45) is 8.21. The van der Waals surface area contributed by atoms with Gasteiger partial charge in [-0.2, -0.15) is 0 Å². The number of fused-ring (bicyclic) bond motifs is 2. The summed E-state index contributed by atoms with van der Waals surface area (Å²) >= 11 is 0. The van der Waals surface area contributed by atoms with E-state index < -0.39 is 0 Å². The van der Waals surface area contributed by atoms with E-state index in [1.54, 1.807) is 0 Å². The molecule has 3 unspecified atom stereocenters.